The Bertz CT molecular complexity index is 809. The van der Waals surface area contributed by atoms with Crippen molar-refractivity contribution in [1.29, 1.82) is 0 Å². The highest BCUT2D eigenvalue weighted by molar-refractivity contribution is 5.87. The summed E-state index contributed by atoms with van der Waals surface area (Å²) in [6, 6.07) is 10.4. The molecule has 0 bridgehead atoms. The average molecular weight is 445 g/mol. The van der Waals surface area contributed by atoms with Gasteiger partial charge in [-0.1, -0.05) is 53.7 Å². The molecule has 1 heterocycles. The van der Waals surface area contributed by atoms with Crippen molar-refractivity contribution in [3.05, 3.63) is 53.1 Å². The van der Waals surface area contributed by atoms with E-state index >= 15 is 0 Å². The number of amides is 2. The van der Waals surface area contributed by atoms with Gasteiger partial charge in [0.1, 0.15) is 17.2 Å². The predicted octanol–water partition coefficient (Wildman–Crippen LogP) is 5.38. The maximum Gasteiger partial charge on any atom is 0.239 e. The first-order valence-corrected chi connectivity index (χ1v) is 11.5. The van der Waals surface area contributed by atoms with Gasteiger partial charge in [0.15, 0.2) is 0 Å². The second kappa shape index (κ2) is 15.7. The van der Waals surface area contributed by atoms with E-state index in [2.05, 4.69) is 5.32 Å². The Labute approximate surface area is 193 Å². The molecule has 0 saturated carbocycles. The van der Waals surface area contributed by atoms with Crippen LogP contribution in [0.2, 0.25) is 0 Å². The molecular weight excluding hydrogens is 404 g/mol. The van der Waals surface area contributed by atoms with Gasteiger partial charge in [-0.05, 0) is 54.8 Å². The second-order valence-corrected chi connectivity index (χ2v) is 6.50. The van der Waals surface area contributed by atoms with E-state index in [0.717, 1.165) is 22.4 Å². The smallest absolute Gasteiger partial charge is 0.239 e. The summed E-state index contributed by atoms with van der Waals surface area (Å²) < 4.78 is 5.93. The summed E-state index contributed by atoms with van der Waals surface area (Å²) in [5.74, 6) is 1.40. The number of phenolic OH excluding ortho intramolecular Hbond substituents is 1. The number of hydrogen-bond acceptors (Lipinski definition) is 4. The Kier molecular flexibility index (Phi) is 14.2. The molecule has 0 atom stereocenters. The summed E-state index contributed by atoms with van der Waals surface area (Å²) in [6.07, 6.45) is 0.258. The number of hydrogen-bond donors (Lipinski definition) is 2. The maximum atomic E-state index is 12.4. The number of ether oxygens (including phenoxy) is 1. The first kappa shape index (κ1) is 29.0. The van der Waals surface area contributed by atoms with Gasteiger partial charge in [-0.25, -0.2) is 0 Å². The Morgan fingerprint density at radius 2 is 1.53 bits per heavy atom. The van der Waals surface area contributed by atoms with Crippen molar-refractivity contribution in [2.45, 2.75) is 61.8 Å². The summed E-state index contributed by atoms with van der Waals surface area (Å²) in [6.45, 7) is 17.0. The van der Waals surface area contributed by atoms with Crippen LogP contribution < -0.4 is 10.1 Å². The van der Waals surface area contributed by atoms with Crippen LogP contribution in [0.15, 0.2) is 36.4 Å². The van der Waals surface area contributed by atoms with Gasteiger partial charge < -0.3 is 20.1 Å². The lowest BCUT2D eigenvalue weighted by molar-refractivity contribution is -0.137. The van der Waals surface area contributed by atoms with Gasteiger partial charge in [0, 0.05) is 13.1 Å². The molecule has 2 N–H and O–H groups in total. The topological polar surface area (TPSA) is 78.9 Å². The third kappa shape index (κ3) is 9.00. The maximum absolute atomic E-state index is 12.4. The lowest BCUT2D eigenvalue weighted by Crippen LogP contribution is -2.50. The summed E-state index contributed by atoms with van der Waals surface area (Å²) >= 11 is 0. The lowest BCUT2D eigenvalue weighted by atomic mass is 10.0. The number of nitrogens with one attached hydrogen (secondary N) is 1. The van der Waals surface area contributed by atoms with Gasteiger partial charge in [0.25, 0.3) is 0 Å². The molecule has 2 aromatic carbocycles. The molecule has 1 saturated heterocycles. The molecule has 0 aliphatic carbocycles. The van der Waals surface area contributed by atoms with Gasteiger partial charge in [-0.3, -0.25) is 9.59 Å². The van der Waals surface area contributed by atoms with Crippen molar-refractivity contribution >= 4 is 11.8 Å². The van der Waals surface area contributed by atoms with Crippen LogP contribution in [-0.2, 0) is 16.0 Å². The molecule has 6 nitrogen and oxygen atoms in total. The standard InChI is InChI=1S/C20H22N2O4.3C2H6/c1-13-9-15(11-19(25)22-8-7-21-18(24)12-22)10-14(2)20(13)26-17-5-3-16(23)4-6-17;3*1-2/h3-6,9-10,23H,7-8,11-12H2,1-2H3,(H,21,24);3*1-2H3. The van der Waals surface area contributed by atoms with Gasteiger partial charge in [0.2, 0.25) is 11.8 Å². The summed E-state index contributed by atoms with van der Waals surface area (Å²) in [4.78, 5) is 25.5. The molecule has 32 heavy (non-hydrogen) atoms. The van der Waals surface area contributed by atoms with Gasteiger partial charge in [0.05, 0.1) is 13.0 Å². The van der Waals surface area contributed by atoms with Crippen LogP contribution in [0.1, 0.15) is 58.2 Å². The third-order valence-electron chi connectivity index (χ3n) is 4.32. The second-order valence-electron chi connectivity index (χ2n) is 6.50. The fourth-order valence-corrected chi connectivity index (χ4v) is 3.07. The van der Waals surface area contributed by atoms with Gasteiger partial charge >= 0.3 is 0 Å². The molecule has 6 heteroatoms. The Morgan fingerprint density at radius 3 is 2.03 bits per heavy atom. The number of aryl methyl sites for hydroxylation is 2. The molecule has 2 aromatic rings. The molecule has 1 aliphatic heterocycles. The van der Waals surface area contributed by atoms with Crippen molar-refractivity contribution in [1.82, 2.24) is 10.2 Å². The van der Waals surface area contributed by atoms with Gasteiger partial charge in [-0.2, -0.15) is 0 Å². The minimum Gasteiger partial charge on any atom is -0.508 e. The zero-order chi connectivity index (χ0) is 24.7. The molecule has 0 spiro atoms. The zero-order valence-electron chi connectivity index (χ0n) is 20.9. The highest BCUT2D eigenvalue weighted by atomic mass is 16.5. The van der Waals surface area contributed by atoms with Crippen LogP contribution >= 0.6 is 0 Å². The molecular formula is C26H40N2O4. The van der Waals surface area contributed by atoms with Crippen molar-refractivity contribution in [2.24, 2.45) is 0 Å². The summed E-state index contributed by atoms with van der Waals surface area (Å²) in [5, 5.41) is 12.1. The minimum atomic E-state index is -0.116. The zero-order valence-corrected chi connectivity index (χ0v) is 20.9. The Balaban J connectivity index is 0.00000148. The van der Waals surface area contributed by atoms with Crippen molar-refractivity contribution in [2.75, 3.05) is 19.6 Å². The quantitative estimate of drug-likeness (QED) is 0.663. The SMILES string of the molecule is CC.CC.CC.Cc1cc(CC(=O)N2CCNC(=O)C2)cc(C)c1Oc1ccc(O)cc1. The van der Waals surface area contributed by atoms with Crippen LogP contribution in [0.25, 0.3) is 0 Å². The van der Waals surface area contributed by atoms with E-state index in [4.69, 9.17) is 4.74 Å². The molecule has 0 unspecified atom stereocenters. The van der Waals surface area contributed by atoms with Gasteiger partial charge in [-0.15, -0.1) is 0 Å². The van der Waals surface area contributed by atoms with Crippen LogP contribution in [0.3, 0.4) is 0 Å². The molecule has 2 amide bonds. The van der Waals surface area contributed by atoms with Crippen LogP contribution in [0.5, 0.6) is 17.2 Å². The number of phenols is 1. The highest BCUT2D eigenvalue weighted by Gasteiger charge is 2.21. The largest absolute Gasteiger partial charge is 0.508 e. The van der Waals surface area contributed by atoms with E-state index in [-0.39, 0.29) is 30.5 Å². The van der Waals surface area contributed by atoms with E-state index in [1.807, 2.05) is 67.5 Å². The van der Waals surface area contributed by atoms with Crippen LogP contribution in [0.4, 0.5) is 0 Å². The molecule has 0 aromatic heterocycles. The average Bonchev–Trinajstić information content (AvgIpc) is 2.81. The minimum absolute atomic E-state index is 0.0501. The van der Waals surface area contributed by atoms with Crippen molar-refractivity contribution < 1.29 is 19.4 Å². The monoisotopic (exact) mass is 444 g/mol. The lowest BCUT2D eigenvalue weighted by Gasteiger charge is -2.26. The van der Waals surface area contributed by atoms with Crippen LogP contribution in [0, 0.1) is 13.8 Å². The fourth-order valence-electron chi connectivity index (χ4n) is 3.07. The van der Waals surface area contributed by atoms with E-state index in [9.17, 15) is 14.7 Å². The molecule has 178 valence electrons. The first-order valence-electron chi connectivity index (χ1n) is 11.5. The number of carbonyl (C=O) groups excluding carboxylic acids is 2. The molecule has 0 radical (unpaired) electrons. The predicted molar refractivity (Wildman–Crippen MR) is 131 cm³/mol. The number of carbonyl (C=O) groups is 2. The highest BCUT2D eigenvalue weighted by Crippen LogP contribution is 2.31. The molecule has 1 aliphatic rings. The normalized spacial score (nSPS) is 12.0. The Morgan fingerprint density at radius 1 is 1.00 bits per heavy atom. The van der Waals surface area contributed by atoms with Crippen LogP contribution in [-0.4, -0.2) is 41.5 Å². The Hall–Kier alpha value is -3.02. The number of piperazine rings is 1. The summed E-state index contributed by atoms with van der Waals surface area (Å²) in [5.41, 5.74) is 2.75. The van der Waals surface area contributed by atoms with Crippen molar-refractivity contribution in [3.63, 3.8) is 0 Å². The number of benzene rings is 2. The van der Waals surface area contributed by atoms with Crippen molar-refractivity contribution in [3.8, 4) is 17.2 Å². The molecule has 3 rings (SSSR count). The van der Waals surface area contributed by atoms with E-state index < -0.39 is 0 Å². The number of aromatic hydroxyl groups is 1. The van der Waals surface area contributed by atoms with E-state index in [0.29, 0.717) is 18.8 Å². The molecule has 1 fully saturated rings. The van der Waals surface area contributed by atoms with E-state index in [1.165, 1.54) is 0 Å². The number of rotatable bonds is 4. The number of nitrogens with zero attached hydrogens (tertiary/aromatic N) is 1. The first-order chi connectivity index (χ1) is 15.4. The fraction of sp³-hybridized carbons (Fsp3) is 0.462. The third-order valence-corrected chi connectivity index (χ3v) is 4.32. The van der Waals surface area contributed by atoms with E-state index in [1.54, 1.807) is 29.2 Å². The summed E-state index contributed by atoms with van der Waals surface area (Å²) in [7, 11) is 0.